The number of hydrogen-bond donors (Lipinski definition) is 2. The fraction of sp³-hybridized carbons (Fsp3) is 0.423. The van der Waals surface area contributed by atoms with E-state index in [1.54, 1.807) is 4.68 Å². The summed E-state index contributed by atoms with van der Waals surface area (Å²) in [5.41, 5.74) is 5.55. The van der Waals surface area contributed by atoms with E-state index >= 15 is 0 Å². The Bertz CT molecular complexity index is 1400. The maximum atomic E-state index is 9.70. The second-order valence-corrected chi connectivity index (χ2v) is 9.59. The average Bonchev–Trinajstić information content (AvgIpc) is 3.48. The minimum atomic E-state index is -0.0953. The van der Waals surface area contributed by atoms with E-state index in [1.165, 1.54) is 0 Å². The van der Waals surface area contributed by atoms with Gasteiger partial charge in [0.2, 0.25) is 11.8 Å². The SMILES string of the molecule is CC(C)Oc1nn(CCO)c2c1/C=C/c1n[nH]c3ccc(cc13)-c1cnn(C)c1O[C@@H](C)CN(C)C2. The second kappa shape index (κ2) is 9.79. The predicted molar refractivity (Wildman–Crippen MR) is 139 cm³/mol. The molecule has 0 saturated heterocycles. The van der Waals surface area contributed by atoms with E-state index < -0.39 is 0 Å². The first-order valence-electron chi connectivity index (χ1n) is 12.2. The fourth-order valence-electron chi connectivity index (χ4n) is 4.65. The van der Waals surface area contributed by atoms with E-state index in [0.717, 1.165) is 44.9 Å². The first kappa shape index (κ1) is 24.1. The van der Waals surface area contributed by atoms with Crippen LogP contribution in [0.3, 0.4) is 0 Å². The second-order valence-electron chi connectivity index (χ2n) is 9.59. The largest absolute Gasteiger partial charge is 0.473 e. The first-order chi connectivity index (χ1) is 17.3. The lowest BCUT2D eigenvalue weighted by atomic mass is 10.1. The van der Waals surface area contributed by atoms with Gasteiger partial charge in [0, 0.05) is 25.5 Å². The molecule has 0 radical (unpaired) electrons. The summed E-state index contributed by atoms with van der Waals surface area (Å²) in [6.45, 7) is 7.66. The third-order valence-electron chi connectivity index (χ3n) is 6.22. The molecule has 2 bridgehead atoms. The van der Waals surface area contributed by atoms with Crippen molar-refractivity contribution in [3.8, 4) is 22.9 Å². The van der Waals surface area contributed by atoms with Crippen LogP contribution in [-0.4, -0.2) is 72.2 Å². The zero-order valence-electron chi connectivity index (χ0n) is 21.4. The third-order valence-corrected chi connectivity index (χ3v) is 6.22. The van der Waals surface area contributed by atoms with E-state index in [4.69, 9.17) is 14.6 Å². The molecule has 10 nitrogen and oxygen atoms in total. The van der Waals surface area contributed by atoms with Crippen LogP contribution < -0.4 is 9.47 Å². The van der Waals surface area contributed by atoms with Crippen molar-refractivity contribution >= 4 is 23.1 Å². The molecule has 1 atom stereocenters. The molecule has 0 fully saturated rings. The maximum absolute atomic E-state index is 9.70. The standard InChI is InChI=1S/C26H33N7O3/c1-16(2)35-25-19-7-9-23-20-12-18(6-8-22(20)28-29-23)21-13-27-32(5)26(21)36-17(3)14-31(4)15-24(19)33(30-25)10-11-34/h6-9,12-13,16-17,34H,10-11,14-15H2,1-5H3,(H,28,29)/b9-7+/t17-/m0/s1. The molecule has 10 heteroatoms. The summed E-state index contributed by atoms with van der Waals surface area (Å²) >= 11 is 0. The average molecular weight is 492 g/mol. The molecule has 1 aliphatic heterocycles. The van der Waals surface area contributed by atoms with Gasteiger partial charge in [0.1, 0.15) is 6.10 Å². The highest BCUT2D eigenvalue weighted by Gasteiger charge is 2.22. The minimum absolute atomic E-state index is 0.0156. The van der Waals surface area contributed by atoms with E-state index in [2.05, 4.69) is 46.3 Å². The number of aryl methyl sites for hydroxylation is 1. The first-order valence-corrected chi connectivity index (χ1v) is 12.2. The molecule has 190 valence electrons. The molecule has 0 spiro atoms. The predicted octanol–water partition coefficient (Wildman–Crippen LogP) is 3.32. The Morgan fingerprint density at radius 2 is 2.08 bits per heavy atom. The lowest BCUT2D eigenvalue weighted by molar-refractivity contribution is 0.146. The van der Waals surface area contributed by atoms with Gasteiger partial charge in [0.25, 0.3) is 0 Å². The molecule has 1 aromatic carbocycles. The Hall–Kier alpha value is -3.63. The number of fused-ring (bicyclic) bond motifs is 4. The van der Waals surface area contributed by atoms with Crippen molar-refractivity contribution in [2.45, 2.75) is 46.1 Å². The number of aromatic nitrogens is 6. The van der Waals surface area contributed by atoms with Crippen molar-refractivity contribution in [2.24, 2.45) is 7.05 Å². The molecule has 0 unspecified atom stereocenters. The van der Waals surface area contributed by atoms with E-state index in [9.17, 15) is 5.11 Å². The quantitative estimate of drug-likeness (QED) is 0.451. The lowest BCUT2D eigenvalue weighted by Gasteiger charge is -2.23. The number of aliphatic hydroxyl groups excluding tert-OH is 1. The maximum Gasteiger partial charge on any atom is 0.240 e. The molecule has 3 aromatic heterocycles. The van der Waals surface area contributed by atoms with Gasteiger partial charge >= 0.3 is 0 Å². The van der Waals surface area contributed by atoms with Crippen molar-refractivity contribution in [3.05, 3.63) is 41.3 Å². The van der Waals surface area contributed by atoms with Gasteiger partial charge in [0.05, 0.1) is 53.5 Å². The van der Waals surface area contributed by atoms with Crippen LogP contribution in [0.4, 0.5) is 0 Å². The van der Waals surface area contributed by atoms with Gasteiger partial charge < -0.3 is 14.6 Å². The summed E-state index contributed by atoms with van der Waals surface area (Å²) in [4.78, 5) is 2.19. The highest BCUT2D eigenvalue weighted by molar-refractivity contribution is 5.93. The van der Waals surface area contributed by atoms with Crippen LogP contribution in [0.25, 0.3) is 34.2 Å². The van der Waals surface area contributed by atoms with Crippen LogP contribution in [0, 0.1) is 0 Å². The monoisotopic (exact) mass is 491 g/mol. The molecule has 4 heterocycles. The molecule has 36 heavy (non-hydrogen) atoms. The van der Waals surface area contributed by atoms with Gasteiger partial charge in [-0.05, 0) is 57.7 Å². The molecule has 0 saturated carbocycles. The number of nitrogens with one attached hydrogen (secondary N) is 1. The van der Waals surface area contributed by atoms with Gasteiger partial charge in [-0.1, -0.05) is 6.07 Å². The summed E-state index contributed by atoms with van der Waals surface area (Å²) in [6, 6.07) is 6.19. The summed E-state index contributed by atoms with van der Waals surface area (Å²) in [5, 5.41) is 27.5. The topological polar surface area (TPSA) is 106 Å². The van der Waals surface area contributed by atoms with Gasteiger partial charge in [-0.25, -0.2) is 4.68 Å². The summed E-state index contributed by atoms with van der Waals surface area (Å²) in [7, 11) is 3.94. The molecule has 4 aromatic rings. The zero-order valence-corrected chi connectivity index (χ0v) is 21.4. The number of H-pyrrole nitrogens is 1. The number of nitrogens with zero attached hydrogens (tertiary/aromatic N) is 6. The van der Waals surface area contributed by atoms with Crippen LogP contribution in [0.15, 0.2) is 24.4 Å². The van der Waals surface area contributed by atoms with E-state index in [1.807, 2.05) is 50.0 Å². The van der Waals surface area contributed by atoms with Crippen LogP contribution in [0.2, 0.25) is 0 Å². The molecule has 1 aliphatic rings. The number of rotatable bonds is 4. The molecule has 0 aliphatic carbocycles. The van der Waals surface area contributed by atoms with Gasteiger partial charge in [-0.2, -0.15) is 10.2 Å². The smallest absolute Gasteiger partial charge is 0.240 e. The number of hydrogen-bond acceptors (Lipinski definition) is 7. The number of aromatic amines is 1. The Labute approximate surface area is 210 Å². The van der Waals surface area contributed by atoms with Gasteiger partial charge in [-0.15, -0.1) is 5.10 Å². The summed E-state index contributed by atoms with van der Waals surface area (Å²) in [5.74, 6) is 1.27. The van der Waals surface area contributed by atoms with Gasteiger partial charge in [0.15, 0.2) is 0 Å². The Balaban J connectivity index is 1.69. The van der Waals surface area contributed by atoms with Crippen LogP contribution in [0.5, 0.6) is 11.8 Å². The molecular weight excluding hydrogens is 458 g/mol. The van der Waals surface area contributed by atoms with E-state index in [0.29, 0.717) is 25.5 Å². The Morgan fingerprint density at radius 1 is 1.25 bits per heavy atom. The van der Waals surface area contributed by atoms with Crippen molar-refractivity contribution in [1.82, 2.24) is 34.7 Å². The number of benzene rings is 1. The van der Waals surface area contributed by atoms with Gasteiger partial charge in [-0.3, -0.25) is 14.7 Å². The third kappa shape index (κ3) is 4.61. The normalized spacial score (nSPS) is 17.5. The van der Waals surface area contributed by atoms with Crippen molar-refractivity contribution in [1.29, 1.82) is 0 Å². The highest BCUT2D eigenvalue weighted by atomic mass is 16.5. The van der Waals surface area contributed by atoms with Crippen molar-refractivity contribution in [2.75, 3.05) is 20.2 Å². The minimum Gasteiger partial charge on any atom is -0.473 e. The number of aliphatic hydroxyl groups is 1. The van der Waals surface area contributed by atoms with Crippen molar-refractivity contribution < 1.29 is 14.6 Å². The van der Waals surface area contributed by atoms with E-state index in [-0.39, 0.29) is 18.8 Å². The number of likely N-dealkylation sites (N-methyl/N-ethyl adjacent to an activating group) is 1. The molecule has 2 N–H and O–H groups in total. The van der Waals surface area contributed by atoms with Crippen LogP contribution in [-0.2, 0) is 20.1 Å². The summed E-state index contributed by atoms with van der Waals surface area (Å²) < 4.78 is 16.1. The van der Waals surface area contributed by atoms with Crippen LogP contribution in [0.1, 0.15) is 37.7 Å². The molecule has 5 rings (SSSR count). The Morgan fingerprint density at radius 3 is 2.86 bits per heavy atom. The highest BCUT2D eigenvalue weighted by Crippen LogP contribution is 2.34. The number of ether oxygens (including phenoxy) is 2. The summed E-state index contributed by atoms with van der Waals surface area (Å²) in [6.07, 6.45) is 5.71. The Kier molecular flexibility index (Phi) is 6.55. The lowest BCUT2D eigenvalue weighted by Crippen LogP contribution is -2.32. The molecular formula is C26H33N7O3. The molecule has 0 amide bonds. The van der Waals surface area contributed by atoms with Crippen LogP contribution >= 0.6 is 0 Å². The van der Waals surface area contributed by atoms with Crippen molar-refractivity contribution in [3.63, 3.8) is 0 Å². The fourth-order valence-corrected chi connectivity index (χ4v) is 4.65. The zero-order chi connectivity index (χ0) is 25.4.